The zero-order chi connectivity index (χ0) is 20.0. The number of aryl methyl sites for hydroxylation is 1. The van der Waals surface area contributed by atoms with Crippen molar-refractivity contribution in [2.75, 3.05) is 6.54 Å². The molecule has 0 bridgehead atoms. The third-order valence-electron chi connectivity index (χ3n) is 6.63. The summed E-state index contributed by atoms with van der Waals surface area (Å²) in [6.07, 6.45) is 1.19. The molecule has 1 aliphatic carbocycles. The van der Waals surface area contributed by atoms with Crippen molar-refractivity contribution >= 4 is 11.7 Å². The fourth-order valence-corrected chi connectivity index (χ4v) is 5.22. The molecule has 3 nitrogen and oxygen atoms in total. The normalized spacial score (nSPS) is 22.9. The number of carbonyl (C=O) groups excluding carboxylic acids is 2. The lowest BCUT2D eigenvalue weighted by Crippen LogP contribution is -2.50. The van der Waals surface area contributed by atoms with Crippen molar-refractivity contribution in [1.82, 2.24) is 4.90 Å². The molecule has 0 unspecified atom stereocenters. The first-order valence-electron chi connectivity index (χ1n) is 10.2. The average molecular weight is 381 g/mol. The molecule has 0 aromatic heterocycles. The Labute approximate surface area is 171 Å². The molecule has 29 heavy (non-hydrogen) atoms. The van der Waals surface area contributed by atoms with Crippen molar-refractivity contribution in [2.45, 2.75) is 31.2 Å². The summed E-state index contributed by atoms with van der Waals surface area (Å²) in [5.41, 5.74) is 4.52. The van der Waals surface area contributed by atoms with Gasteiger partial charge in [0, 0.05) is 29.5 Å². The number of benzene rings is 3. The SMILES string of the molecule is Cc1ccc(C(=O)N2CC[C@@]3(c4ccccc4)c4ccccc4C(=O)C[C@@H]23)cc1. The minimum absolute atomic E-state index is 0.0139. The minimum atomic E-state index is -0.341. The van der Waals surface area contributed by atoms with Crippen LogP contribution >= 0.6 is 0 Å². The molecule has 1 amide bonds. The van der Waals surface area contributed by atoms with Crippen LogP contribution in [0.2, 0.25) is 0 Å². The number of rotatable bonds is 2. The largest absolute Gasteiger partial charge is 0.334 e. The predicted octanol–water partition coefficient (Wildman–Crippen LogP) is 4.78. The van der Waals surface area contributed by atoms with Crippen LogP contribution in [0.5, 0.6) is 0 Å². The topological polar surface area (TPSA) is 37.4 Å². The standard InChI is InChI=1S/C26H23NO2/c1-18-11-13-19(14-12-18)25(29)27-16-15-26(20-7-3-2-4-8-20)22-10-6-5-9-21(22)23(28)17-24(26)27/h2-14,24H,15-17H2,1H3/t24-,26-/m1/s1. The highest BCUT2D eigenvalue weighted by molar-refractivity contribution is 6.02. The van der Waals surface area contributed by atoms with Crippen LogP contribution in [-0.4, -0.2) is 29.2 Å². The maximum absolute atomic E-state index is 13.4. The number of ketones is 1. The first-order valence-corrected chi connectivity index (χ1v) is 10.2. The van der Waals surface area contributed by atoms with Gasteiger partial charge >= 0.3 is 0 Å². The van der Waals surface area contributed by atoms with Gasteiger partial charge in [-0.05, 0) is 36.6 Å². The first-order chi connectivity index (χ1) is 14.1. The molecule has 0 spiro atoms. The molecule has 2 atom stereocenters. The van der Waals surface area contributed by atoms with Crippen LogP contribution in [0.4, 0.5) is 0 Å². The van der Waals surface area contributed by atoms with E-state index in [1.165, 1.54) is 5.56 Å². The molecule has 1 aliphatic heterocycles. The molecule has 1 heterocycles. The monoisotopic (exact) mass is 381 g/mol. The summed E-state index contributed by atoms with van der Waals surface area (Å²) in [4.78, 5) is 28.4. The molecule has 1 saturated heterocycles. The van der Waals surface area contributed by atoms with Gasteiger partial charge in [0.2, 0.25) is 0 Å². The lowest BCUT2D eigenvalue weighted by Gasteiger charge is -2.43. The zero-order valence-electron chi connectivity index (χ0n) is 16.5. The van der Waals surface area contributed by atoms with Crippen LogP contribution in [0, 0.1) is 6.92 Å². The van der Waals surface area contributed by atoms with E-state index in [2.05, 4.69) is 18.2 Å². The smallest absolute Gasteiger partial charge is 0.254 e. The maximum Gasteiger partial charge on any atom is 0.254 e. The average Bonchev–Trinajstić information content (AvgIpc) is 3.15. The Kier molecular flexibility index (Phi) is 4.13. The summed E-state index contributed by atoms with van der Waals surface area (Å²) in [5.74, 6) is 0.140. The van der Waals surface area contributed by atoms with Crippen molar-refractivity contribution in [3.05, 3.63) is 107 Å². The van der Waals surface area contributed by atoms with Crippen LogP contribution in [0.15, 0.2) is 78.9 Å². The summed E-state index contributed by atoms with van der Waals surface area (Å²) in [5, 5.41) is 0. The fourth-order valence-electron chi connectivity index (χ4n) is 5.22. The van der Waals surface area contributed by atoms with Gasteiger partial charge in [-0.15, -0.1) is 0 Å². The molecule has 144 valence electrons. The predicted molar refractivity (Wildman–Crippen MR) is 113 cm³/mol. The Morgan fingerprint density at radius 3 is 2.38 bits per heavy atom. The van der Waals surface area contributed by atoms with Gasteiger partial charge < -0.3 is 4.90 Å². The van der Waals surface area contributed by atoms with Crippen LogP contribution < -0.4 is 0 Å². The lowest BCUT2D eigenvalue weighted by molar-refractivity contribution is 0.0681. The van der Waals surface area contributed by atoms with E-state index in [-0.39, 0.29) is 23.1 Å². The van der Waals surface area contributed by atoms with Gasteiger partial charge in [-0.1, -0.05) is 72.3 Å². The maximum atomic E-state index is 13.4. The van der Waals surface area contributed by atoms with Gasteiger partial charge in [0.25, 0.3) is 5.91 Å². The van der Waals surface area contributed by atoms with Crippen molar-refractivity contribution < 1.29 is 9.59 Å². The molecule has 5 rings (SSSR count). The number of carbonyl (C=O) groups is 2. The second-order valence-corrected chi connectivity index (χ2v) is 8.14. The van der Waals surface area contributed by atoms with Crippen molar-refractivity contribution in [1.29, 1.82) is 0 Å². The number of Topliss-reactive ketones (excluding diaryl/α,β-unsaturated/α-hetero) is 1. The highest BCUT2D eigenvalue weighted by Gasteiger charge is 2.55. The number of likely N-dealkylation sites (tertiary alicyclic amines) is 1. The minimum Gasteiger partial charge on any atom is -0.334 e. The van der Waals surface area contributed by atoms with E-state index >= 15 is 0 Å². The molecule has 2 aliphatic rings. The van der Waals surface area contributed by atoms with Gasteiger partial charge in [-0.2, -0.15) is 0 Å². The summed E-state index contributed by atoms with van der Waals surface area (Å²) in [7, 11) is 0. The van der Waals surface area contributed by atoms with E-state index in [4.69, 9.17) is 0 Å². The third kappa shape index (κ3) is 2.65. The van der Waals surface area contributed by atoms with Crippen LogP contribution in [0.1, 0.15) is 50.2 Å². The molecule has 3 aromatic carbocycles. The van der Waals surface area contributed by atoms with Crippen LogP contribution in [0.25, 0.3) is 0 Å². The summed E-state index contributed by atoms with van der Waals surface area (Å²) < 4.78 is 0. The summed E-state index contributed by atoms with van der Waals surface area (Å²) in [6.45, 7) is 2.66. The number of nitrogens with zero attached hydrogens (tertiary/aromatic N) is 1. The molecule has 0 saturated carbocycles. The van der Waals surface area contributed by atoms with E-state index < -0.39 is 0 Å². The van der Waals surface area contributed by atoms with E-state index in [0.29, 0.717) is 18.5 Å². The Morgan fingerprint density at radius 2 is 1.62 bits per heavy atom. The van der Waals surface area contributed by atoms with E-state index in [9.17, 15) is 9.59 Å². The second-order valence-electron chi connectivity index (χ2n) is 8.14. The van der Waals surface area contributed by atoms with Gasteiger partial charge in [0.15, 0.2) is 5.78 Å². The number of hydrogen-bond acceptors (Lipinski definition) is 2. The molecule has 3 heteroatoms. The Morgan fingerprint density at radius 1 is 0.931 bits per heavy atom. The quantitative estimate of drug-likeness (QED) is 0.640. The van der Waals surface area contributed by atoms with E-state index in [1.807, 2.05) is 72.5 Å². The lowest BCUT2D eigenvalue weighted by atomic mass is 9.63. The molecular formula is C26H23NO2. The van der Waals surface area contributed by atoms with Crippen LogP contribution in [0.3, 0.4) is 0 Å². The second kappa shape index (κ2) is 6.70. The Balaban J connectivity index is 1.65. The van der Waals surface area contributed by atoms with Gasteiger partial charge in [-0.25, -0.2) is 0 Å². The molecule has 1 fully saturated rings. The molecular weight excluding hydrogens is 358 g/mol. The zero-order valence-corrected chi connectivity index (χ0v) is 16.5. The third-order valence-corrected chi connectivity index (χ3v) is 6.63. The van der Waals surface area contributed by atoms with Gasteiger partial charge in [0.1, 0.15) is 0 Å². The van der Waals surface area contributed by atoms with Crippen molar-refractivity contribution in [2.24, 2.45) is 0 Å². The number of hydrogen-bond donors (Lipinski definition) is 0. The van der Waals surface area contributed by atoms with E-state index in [0.717, 1.165) is 23.1 Å². The number of fused-ring (bicyclic) bond motifs is 3. The number of amides is 1. The summed E-state index contributed by atoms with van der Waals surface area (Å²) in [6, 6.07) is 25.9. The fraction of sp³-hybridized carbons (Fsp3) is 0.231. The highest BCUT2D eigenvalue weighted by Crippen LogP contribution is 2.51. The van der Waals surface area contributed by atoms with Crippen molar-refractivity contribution in [3.8, 4) is 0 Å². The van der Waals surface area contributed by atoms with E-state index in [1.54, 1.807) is 0 Å². The van der Waals surface area contributed by atoms with Gasteiger partial charge in [0.05, 0.1) is 6.04 Å². The Hall–Kier alpha value is -3.20. The Bertz CT molecular complexity index is 1090. The highest BCUT2D eigenvalue weighted by atomic mass is 16.2. The van der Waals surface area contributed by atoms with Crippen molar-refractivity contribution in [3.63, 3.8) is 0 Å². The van der Waals surface area contributed by atoms with Crippen LogP contribution in [-0.2, 0) is 5.41 Å². The van der Waals surface area contributed by atoms with Gasteiger partial charge in [-0.3, -0.25) is 9.59 Å². The first kappa shape index (κ1) is 17.9. The summed E-state index contributed by atoms with van der Waals surface area (Å²) >= 11 is 0. The molecule has 3 aromatic rings. The molecule has 0 N–H and O–H groups in total. The molecule has 0 radical (unpaired) electrons.